The summed E-state index contributed by atoms with van der Waals surface area (Å²) < 4.78 is 0. The zero-order chi connectivity index (χ0) is 23.4. The molecule has 0 spiro atoms. The minimum Gasteiger partial charge on any atom is -0.478 e. The number of aliphatic hydroxyl groups is 4. The highest BCUT2D eigenvalue weighted by Gasteiger charge is 2.16. The molecule has 0 aromatic rings. The number of aliphatic hydroxyl groups excluding tert-OH is 4. The molecule has 0 saturated heterocycles. The highest BCUT2D eigenvalue weighted by atomic mass is 16.4. The Labute approximate surface area is 164 Å². The molecule has 0 bridgehead atoms. The van der Waals surface area contributed by atoms with Crippen molar-refractivity contribution in [1.29, 1.82) is 0 Å². The lowest BCUT2D eigenvalue weighted by atomic mass is 10.0. The molecule has 28 heavy (non-hydrogen) atoms. The van der Waals surface area contributed by atoms with Gasteiger partial charge in [0, 0.05) is 35.9 Å². The van der Waals surface area contributed by atoms with Crippen molar-refractivity contribution in [1.82, 2.24) is 0 Å². The fourth-order valence-electron chi connectivity index (χ4n) is 0.720. The van der Waals surface area contributed by atoms with Gasteiger partial charge in [-0.1, -0.05) is 19.7 Å². The van der Waals surface area contributed by atoms with Crippen LogP contribution in [0.5, 0.6) is 0 Å². The van der Waals surface area contributed by atoms with Gasteiger partial charge in [-0.3, -0.25) is 0 Å². The Hall–Kier alpha value is -2.53. The van der Waals surface area contributed by atoms with Crippen LogP contribution in [-0.4, -0.2) is 79.6 Å². The Balaban J connectivity index is -0.000000142. The van der Waals surface area contributed by atoms with Crippen LogP contribution in [0.15, 0.2) is 36.5 Å². The molecule has 0 aromatic heterocycles. The van der Waals surface area contributed by atoms with Crippen molar-refractivity contribution in [2.75, 3.05) is 19.8 Å². The first-order chi connectivity index (χ1) is 12.7. The van der Waals surface area contributed by atoms with Crippen molar-refractivity contribution in [2.24, 2.45) is 5.92 Å². The highest BCUT2D eigenvalue weighted by Crippen LogP contribution is 2.06. The van der Waals surface area contributed by atoms with Crippen LogP contribution in [-0.2, 0) is 14.4 Å². The molecule has 7 N–H and O–H groups in total. The van der Waals surface area contributed by atoms with E-state index in [1.807, 2.05) is 0 Å². The predicted molar refractivity (Wildman–Crippen MR) is 103 cm³/mol. The maximum absolute atomic E-state index is 9.60. The van der Waals surface area contributed by atoms with Crippen molar-refractivity contribution >= 4 is 17.9 Å². The lowest BCUT2D eigenvalue weighted by Crippen LogP contribution is -2.27. The zero-order valence-corrected chi connectivity index (χ0v) is 16.5. The monoisotopic (exact) mass is 408 g/mol. The van der Waals surface area contributed by atoms with Gasteiger partial charge in [0.1, 0.15) is 0 Å². The molecule has 0 rings (SSSR count). The van der Waals surface area contributed by atoms with Crippen molar-refractivity contribution in [3.63, 3.8) is 0 Å². The Bertz CT molecular complexity index is 417. The molecule has 0 aliphatic heterocycles. The van der Waals surface area contributed by atoms with Gasteiger partial charge in [0.2, 0.25) is 0 Å². The van der Waals surface area contributed by atoms with Crippen LogP contribution in [0.4, 0.5) is 0 Å². The van der Waals surface area contributed by atoms with Gasteiger partial charge in [0.25, 0.3) is 0 Å². The number of rotatable bonds is 8. The molecule has 0 aliphatic carbocycles. The van der Waals surface area contributed by atoms with Crippen LogP contribution in [0.3, 0.4) is 0 Å². The molecular formula is C18H32O10. The molecule has 0 heterocycles. The number of hydrogen-bond acceptors (Lipinski definition) is 7. The number of aliphatic carboxylic acids is 3. The summed E-state index contributed by atoms with van der Waals surface area (Å²) in [5.74, 6) is -3.21. The molecule has 0 fully saturated rings. The summed E-state index contributed by atoms with van der Waals surface area (Å²) in [5, 5.41) is 58.0. The summed E-state index contributed by atoms with van der Waals surface area (Å²) in [6.45, 7) is 13.1. The molecule has 0 aliphatic rings. The molecule has 2 unspecified atom stereocenters. The summed E-state index contributed by atoms with van der Waals surface area (Å²) in [5.41, 5.74) is 0.528. The smallest absolute Gasteiger partial charge is 0.330 e. The molecule has 164 valence electrons. The van der Waals surface area contributed by atoms with E-state index < -0.39 is 29.9 Å². The molecule has 2 atom stereocenters. The molecule has 10 nitrogen and oxygen atoms in total. The Morgan fingerprint density at radius 3 is 1.07 bits per heavy atom. The van der Waals surface area contributed by atoms with Crippen LogP contribution < -0.4 is 0 Å². The summed E-state index contributed by atoms with van der Waals surface area (Å²) in [6, 6.07) is 0. The van der Waals surface area contributed by atoms with Crippen molar-refractivity contribution in [2.45, 2.75) is 33.3 Å². The standard InChI is InChI=1S/C6H14O4.3C4H6O2/c7-2-1-5(3-8)6(10)4-9;3*1-3(2)4(5)6/h5-10H,1-4H2;3*1H2,2H3,(H,5,6). The van der Waals surface area contributed by atoms with Gasteiger partial charge >= 0.3 is 17.9 Å². The second-order valence-electron chi connectivity index (χ2n) is 5.46. The van der Waals surface area contributed by atoms with E-state index in [4.69, 9.17) is 35.7 Å². The van der Waals surface area contributed by atoms with E-state index in [2.05, 4.69) is 19.7 Å². The van der Waals surface area contributed by atoms with Gasteiger partial charge in [0.15, 0.2) is 0 Å². The van der Waals surface area contributed by atoms with Gasteiger partial charge in [0.05, 0.1) is 12.7 Å². The number of carboxylic acids is 3. The largest absolute Gasteiger partial charge is 0.478 e. The van der Waals surface area contributed by atoms with Crippen LogP contribution in [0.1, 0.15) is 27.2 Å². The Morgan fingerprint density at radius 1 is 0.714 bits per heavy atom. The fourth-order valence-corrected chi connectivity index (χ4v) is 0.720. The third-order valence-corrected chi connectivity index (χ3v) is 2.56. The van der Waals surface area contributed by atoms with E-state index in [0.717, 1.165) is 0 Å². The van der Waals surface area contributed by atoms with Crippen LogP contribution in [0.2, 0.25) is 0 Å². The van der Waals surface area contributed by atoms with Crippen LogP contribution in [0.25, 0.3) is 0 Å². The maximum atomic E-state index is 9.60. The minimum absolute atomic E-state index is 0.0811. The molecule has 0 aromatic carbocycles. The highest BCUT2D eigenvalue weighted by molar-refractivity contribution is 5.85. The first-order valence-electron chi connectivity index (χ1n) is 7.86. The Morgan fingerprint density at radius 2 is 0.964 bits per heavy atom. The SMILES string of the molecule is C=C(C)C(=O)O.C=C(C)C(=O)O.C=C(C)C(=O)O.OCCC(CO)C(O)CO. The molecule has 0 radical (unpaired) electrons. The van der Waals surface area contributed by atoms with Gasteiger partial charge < -0.3 is 35.7 Å². The summed E-state index contributed by atoms with van der Waals surface area (Å²) >= 11 is 0. The first kappa shape index (κ1) is 33.1. The van der Waals surface area contributed by atoms with Crippen LogP contribution in [0, 0.1) is 5.92 Å². The third-order valence-electron chi connectivity index (χ3n) is 2.56. The second kappa shape index (κ2) is 20.8. The maximum Gasteiger partial charge on any atom is 0.330 e. The number of carboxylic acid groups (broad SMARTS) is 3. The molecule has 10 heteroatoms. The van der Waals surface area contributed by atoms with E-state index in [9.17, 15) is 14.4 Å². The van der Waals surface area contributed by atoms with E-state index in [-0.39, 0.29) is 36.5 Å². The predicted octanol–water partition coefficient (Wildman–Crippen LogP) is 0.272. The average molecular weight is 408 g/mol. The normalized spacial score (nSPS) is 10.8. The molecular weight excluding hydrogens is 376 g/mol. The topological polar surface area (TPSA) is 193 Å². The second-order valence-corrected chi connectivity index (χ2v) is 5.46. The summed E-state index contributed by atoms with van der Waals surface area (Å²) in [6.07, 6.45) is -0.602. The fraction of sp³-hybridized carbons (Fsp3) is 0.500. The van der Waals surface area contributed by atoms with E-state index in [1.54, 1.807) is 0 Å². The van der Waals surface area contributed by atoms with E-state index in [1.165, 1.54) is 20.8 Å². The van der Waals surface area contributed by atoms with Crippen molar-refractivity contribution in [3.05, 3.63) is 36.5 Å². The van der Waals surface area contributed by atoms with Crippen molar-refractivity contribution < 1.29 is 50.1 Å². The zero-order valence-electron chi connectivity index (χ0n) is 16.5. The summed E-state index contributed by atoms with van der Waals surface area (Å²) in [4.78, 5) is 28.8. The number of carbonyl (C=O) groups is 3. The van der Waals surface area contributed by atoms with Crippen molar-refractivity contribution in [3.8, 4) is 0 Å². The van der Waals surface area contributed by atoms with Crippen LogP contribution >= 0.6 is 0 Å². The molecule has 0 saturated carbocycles. The lowest BCUT2D eigenvalue weighted by Gasteiger charge is -2.16. The average Bonchev–Trinajstić information content (AvgIpc) is 2.60. The first-order valence-corrected chi connectivity index (χ1v) is 7.86. The third kappa shape index (κ3) is 28.3. The number of hydrogen-bond donors (Lipinski definition) is 7. The van der Waals surface area contributed by atoms with Gasteiger partial charge in [-0.05, 0) is 27.2 Å². The lowest BCUT2D eigenvalue weighted by molar-refractivity contribution is -0.133. The van der Waals surface area contributed by atoms with E-state index >= 15 is 0 Å². The molecule has 0 amide bonds. The van der Waals surface area contributed by atoms with Gasteiger partial charge in [-0.15, -0.1) is 0 Å². The quantitative estimate of drug-likeness (QED) is 0.274. The minimum atomic E-state index is -0.935. The van der Waals surface area contributed by atoms with Gasteiger partial charge in [-0.25, -0.2) is 14.4 Å². The Kier molecular flexibility index (Phi) is 24.6. The van der Waals surface area contributed by atoms with E-state index in [0.29, 0.717) is 6.42 Å². The summed E-state index contributed by atoms with van der Waals surface area (Å²) in [7, 11) is 0. The van der Waals surface area contributed by atoms with Gasteiger partial charge in [-0.2, -0.15) is 0 Å².